The van der Waals surface area contributed by atoms with Gasteiger partial charge in [0.25, 0.3) is 0 Å². The minimum atomic E-state index is 0.182. The zero-order valence-electron chi connectivity index (χ0n) is 28.9. The van der Waals surface area contributed by atoms with E-state index in [0.717, 1.165) is 0 Å². The Bertz CT molecular complexity index is 3090. The summed E-state index contributed by atoms with van der Waals surface area (Å²) in [6.07, 6.45) is 0. The predicted molar refractivity (Wildman–Crippen MR) is 230 cm³/mol. The maximum atomic E-state index is 2.50. The Balaban J connectivity index is 1.18. The third-order valence-corrected chi connectivity index (χ3v) is 13.4. The van der Waals surface area contributed by atoms with Crippen LogP contribution in [0.1, 0.15) is 0 Å². The molecule has 0 aliphatic heterocycles. The van der Waals surface area contributed by atoms with Gasteiger partial charge in [0.2, 0.25) is 0 Å². The first-order valence-corrected chi connectivity index (χ1v) is 20.0. The molecule has 0 nitrogen and oxygen atoms in total. The molecule has 0 atom stereocenters. The van der Waals surface area contributed by atoms with Gasteiger partial charge in [0.15, 0.2) is 0 Å². The van der Waals surface area contributed by atoms with Crippen molar-refractivity contribution in [2.75, 3.05) is 0 Å². The summed E-state index contributed by atoms with van der Waals surface area (Å²) in [4.78, 5) is 0. The van der Waals surface area contributed by atoms with Crippen molar-refractivity contribution >= 4 is 76.9 Å². The summed E-state index contributed by atoms with van der Waals surface area (Å²) in [7, 11) is 0. The second kappa shape index (κ2) is 12.2. The van der Waals surface area contributed by atoms with Gasteiger partial charge >= 0.3 is 316 Å². The predicted octanol–water partition coefficient (Wildman–Crippen LogP) is 14.3. The van der Waals surface area contributed by atoms with Gasteiger partial charge in [-0.1, -0.05) is 0 Å². The topological polar surface area (TPSA) is 0 Å². The van der Waals surface area contributed by atoms with Crippen molar-refractivity contribution in [1.29, 1.82) is 0 Å². The van der Waals surface area contributed by atoms with Crippen LogP contribution in [0.15, 0.2) is 194 Å². The van der Waals surface area contributed by atoms with Crippen LogP contribution in [0.2, 0.25) is 0 Å². The van der Waals surface area contributed by atoms with Crippen LogP contribution in [0.25, 0.3) is 107 Å². The van der Waals surface area contributed by atoms with Gasteiger partial charge in [0.1, 0.15) is 0 Å². The van der Waals surface area contributed by atoms with E-state index in [1.165, 1.54) is 107 Å². The van der Waals surface area contributed by atoms with Crippen molar-refractivity contribution in [3.63, 3.8) is 0 Å². The molecule has 0 fully saturated rings. The second-order valence-corrected chi connectivity index (χ2v) is 16.2. The molecular weight excluding hydrogens is 704 g/mol. The van der Waals surface area contributed by atoms with Gasteiger partial charge in [-0.2, -0.15) is 0 Å². The Morgan fingerprint density at radius 3 is 1.09 bits per heavy atom. The molecule has 53 heavy (non-hydrogen) atoms. The first-order valence-electron chi connectivity index (χ1n) is 18.3. The van der Waals surface area contributed by atoms with Crippen LogP contribution in [0.5, 0.6) is 0 Å². The Hall–Kier alpha value is -6.24. The van der Waals surface area contributed by atoms with E-state index < -0.39 is 0 Å². The standard InChI is InChI=1S/C52H32Se/c1-3-16-33(17-4-1)48-36-20-7-9-22-38(36)50(39-23-10-8-21-37(39)48)35-30-31-44-47(32-35)53-46-29-15-28-45(52(44)46)51-42-26-13-11-24-40(42)49(34-18-5-2-6-19-34)41-25-12-14-27-43(41)51/h1-32H. The Kier molecular flexibility index (Phi) is 6.98. The first kappa shape index (κ1) is 30.4. The molecule has 0 unspecified atom stereocenters. The van der Waals surface area contributed by atoms with Gasteiger partial charge in [0, 0.05) is 0 Å². The SMILES string of the molecule is c1ccc(-c2c3ccccc3c(-c3ccc4c(c3)[se]c3cccc(-c5c6ccccc6c(-c6ccccc6)c6ccccc56)c34)c3ccccc23)cc1. The number of benzene rings is 10. The van der Waals surface area contributed by atoms with Crippen LogP contribution in [0.4, 0.5) is 0 Å². The van der Waals surface area contributed by atoms with E-state index in [2.05, 4.69) is 194 Å². The Morgan fingerprint density at radius 2 is 0.642 bits per heavy atom. The fourth-order valence-corrected chi connectivity index (χ4v) is 11.3. The molecule has 0 amide bonds. The van der Waals surface area contributed by atoms with Crippen LogP contribution in [-0.2, 0) is 0 Å². The molecule has 0 radical (unpaired) electrons. The quantitative estimate of drug-likeness (QED) is 0.125. The molecule has 0 saturated heterocycles. The fourth-order valence-electron chi connectivity index (χ4n) is 8.88. The Labute approximate surface area is 314 Å². The number of hydrogen-bond donors (Lipinski definition) is 0. The first-order chi connectivity index (χ1) is 26.3. The summed E-state index contributed by atoms with van der Waals surface area (Å²) in [5.41, 5.74) is 10.4. The van der Waals surface area contributed by atoms with Crippen LogP contribution >= 0.6 is 0 Å². The van der Waals surface area contributed by atoms with Crippen LogP contribution < -0.4 is 0 Å². The van der Waals surface area contributed by atoms with Gasteiger partial charge < -0.3 is 0 Å². The molecule has 0 aliphatic carbocycles. The monoisotopic (exact) mass is 736 g/mol. The van der Waals surface area contributed by atoms with Gasteiger partial charge in [-0.3, -0.25) is 0 Å². The molecule has 0 aliphatic rings. The van der Waals surface area contributed by atoms with Crippen molar-refractivity contribution in [3.05, 3.63) is 194 Å². The molecular formula is C52H32Se. The number of fused-ring (bicyclic) bond motifs is 7. The summed E-state index contributed by atoms with van der Waals surface area (Å²) in [5, 5.41) is 13.1. The Morgan fingerprint density at radius 1 is 0.245 bits per heavy atom. The molecule has 11 rings (SSSR count). The normalized spacial score (nSPS) is 11.8. The van der Waals surface area contributed by atoms with Crippen LogP contribution in [0, 0.1) is 0 Å². The minimum absolute atomic E-state index is 0.182. The van der Waals surface area contributed by atoms with Gasteiger partial charge in [-0.15, -0.1) is 0 Å². The second-order valence-electron chi connectivity index (χ2n) is 13.9. The van der Waals surface area contributed by atoms with Crippen LogP contribution in [-0.4, -0.2) is 14.5 Å². The van der Waals surface area contributed by atoms with E-state index in [1.54, 1.807) is 0 Å². The number of hydrogen-bond acceptors (Lipinski definition) is 0. The molecule has 0 saturated carbocycles. The van der Waals surface area contributed by atoms with Crippen molar-refractivity contribution in [2.24, 2.45) is 0 Å². The summed E-state index contributed by atoms with van der Waals surface area (Å²) < 4.78 is 2.91. The van der Waals surface area contributed by atoms with E-state index in [-0.39, 0.29) is 14.5 Å². The molecule has 11 aromatic rings. The van der Waals surface area contributed by atoms with Gasteiger partial charge in [-0.25, -0.2) is 0 Å². The zero-order valence-corrected chi connectivity index (χ0v) is 30.6. The maximum absolute atomic E-state index is 2.50. The van der Waals surface area contributed by atoms with Crippen LogP contribution in [0.3, 0.4) is 0 Å². The van der Waals surface area contributed by atoms with Crippen molar-refractivity contribution < 1.29 is 0 Å². The average molecular weight is 736 g/mol. The molecule has 1 heteroatoms. The molecule has 0 spiro atoms. The third kappa shape index (κ3) is 4.69. The summed E-state index contributed by atoms with van der Waals surface area (Å²) >= 11 is 0.182. The van der Waals surface area contributed by atoms with E-state index in [1.807, 2.05) is 0 Å². The van der Waals surface area contributed by atoms with Crippen molar-refractivity contribution in [1.82, 2.24) is 0 Å². The van der Waals surface area contributed by atoms with E-state index in [4.69, 9.17) is 0 Å². The molecule has 0 bridgehead atoms. The zero-order chi connectivity index (χ0) is 34.9. The van der Waals surface area contributed by atoms with Crippen molar-refractivity contribution in [3.8, 4) is 44.5 Å². The summed E-state index contributed by atoms with van der Waals surface area (Å²) in [6.45, 7) is 0. The van der Waals surface area contributed by atoms with Gasteiger partial charge in [-0.05, 0) is 0 Å². The van der Waals surface area contributed by atoms with Crippen molar-refractivity contribution in [2.45, 2.75) is 0 Å². The average Bonchev–Trinajstić information content (AvgIpc) is 3.61. The third-order valence-electron chi connectivity index (χ3n) is 11.0. The summed E-state index contributed by atoms with van der Waals surface area (Å²) in [5.74, 6) is 0. The van der Waals surface area contributed by atoms with E-state index >= 15 is 0 Å². The summed E-state index contributed by atoms with van der Waals surface area (Å²) in [6, 6.07) is 72.0. The fraction of sp³-hybridized carbons (Fsp3) is 0. The molecule has 0 N–H and O–H groups in total. The molecule has 1 heterocycles. The van der Waals surface area contributed by atoms with E-state index in [0.29, 0.717) is 0 Å². The molecule has 1 aromatic heterocycles. The molecule has 246 valence electrons. The van der Waals surface area contributed by atoms with Gasteiger partial charge in [0.05, 0.1) is 0 Å². The van der Waals surface area contributed by atoms with E-state index in [9.17, 15) is 0 Å². The molecule has 10 aromatic carbocycles. The number of rotatable bonds is 4.